The van der Waals surface area contributed by atoms with Gasteiger partial charge in [-0.2, -0.15) is 0 Å². The molecule has 0 bridgehead atoms. The highest BCUT2D eigenvalue weighted by atomic mass is 33.1. The number of phenolic OH excluding ortho intramolecular Hbond substituents is 1. The van der Waals surface area contributed by atoms with E-state index in [9.17, 15) is 53.7 Å². The van der Waals surface area contributed by atoms with Gasteiger partial charge in [0.1, 0.15) is 65.3 Å². The summed E-state index contributed by atoms with van der Waals surface area (Å²) in [5.41, 5.74) is 0.547. The lowest BCUT2D eigenvalue weighted by atomic mass is 10.0. The smallest absolute Gasteiger partial charge is 0.408 e. The molecule has 4 aromatic rings. The number of aliphatic hydroxyl groups excluding tert-OH is 2. The van der Waals surface area contributed by atoms with Crippen molar-refractivity contribution in [3.63, 3.8) is 0 Å². The van der Waals surface area contributed by atoms with Crippen LogP contribution in [0.5, 0.6) is 5.75 Å². The standard InChI is InChI=1S/C67H92N12O16S2/c1-39(80)54(62(90)68-30-18-32-79-31-17-24-53(79)83)77-61(89)52-38-97-96-37-51(74-58(86)49(33-41-19-11-9-12-20-41)76-65(93)95-67(6,7)8)60(88)72-48(34-42-25-27-44(82)28-26-42)57(85)73-50(35-43-36-70-46-22-15-14-21-45(43)46)59(87)71-47(56(84)78-55(40(2)81)63(91)75-52)23-13-10-16-29-69-64(92)94-66(3,4)5/h9,11-12,14-15,17,19-22,24-28,36,39-40,47-52,54-55,70,80-82H,10,13,16,18,23,29-35,37-38H2,1-8H3,(H,68,90)(H,69,92)(H,71,87)(H,72,88)(H,73,85)(H,74,86)(H,75,91)(H,76,93)(H,77,89)(H,78,84)/t39-,40-,47+,48+,49-,50-,51+,52+,54+,55+/m1/s1. The summed E-state index contributed by atoms with van der Waals surface area (Å²) in [5.74, 6) is -8.56. The zero-order chi connectivity index (χ0) is 71.0. The van der Waals surface area contributed by atoms with Gasteiger partial charge in [-0.05, 0) is 110 Å². The van der Waals surface area contributed by atoms with E-state index in [0.29, 0.717) is 59.9 Å². The Morgan fingerprint density at radius 1 is 0.639 bits per heavy atom. The zero-order valence-electron chi connectivity index (χ0n) is 55.8. The van der Waals surface area contributed by atoms with Gasteiger partial charge in [-0.1, -0.05) is 101 Å². The number of aromatic amines is 1. The van der Waals surface area contributed by atoms with Crippen LogP contribution in [-0.2, 0) is 71.9 Å². The molecule has 0 aliphatic carbocycles. The number of para-hydroxylation sites is 1. The van der Waals surface area contributed by atoms with E-state index in [0.717, 1.165) is 21.6 Å². The maximum Gasteiger partial charge on any atom is 0.408 e. The summed E-state index contributed by atoms with van der Waals surface area (Å²) in [5, 5.41) is 59.8. The Morgan fingerprint density at radius 3 is 1.92 bits per heavy atom. The quantitative estimate of drug-likeness (QED) is 0.0354. The first-order valence-electron chi connectivity index (χ1n) is 32.2. The molecule has 28 nitrogen and oxygen atoms in total. The highest BCUT2D eigenvalue weighted by Crippen LogP contribution is 2.25. The third-order valence-corrected chi connectivity index (χ3v) is 17.7. The van der Waals surface area contributed by atoms with Crippen LogP contribution in [-0.4, -0.2) is 200 Å². The highest BCUT2D eigenvalue weighted by Gasteiger charge is 2.38. The topological polar surface area (TPSA) is 406 Å². The Kier molecular flexibility index (Phi) is 29.4. The summed E-state index contributed by atoms with van der Waals surface area (Å²) < 4.78 is 10.9. The number of unbranched alkanes of at least 4 members (excludes halogenated alkanes) is 2. The van der Waals surface area contributed by atoms with Gasteiger partial charge in [-0.15, -0.1) is 0 Å². The van der Waals surface area contributed by atoms with Crippen molar-refractivity contribution in [3.8, 4) is 5.75 Å². The number of H-pyrrole nitrogens is 1. The van der Waals surface area contributed by atoms with Gasteiger partial charge in [0.15, 0.2) is 0 Å². The second-order valence-electron chi connectivity index (χ2n) is 25.8. The Hall–Kier alpha value is -8.87. The molecule has 0 radical (unpaired) electrons. The summed E-state index contributed by atoms with van der Waals surface area (Å²) in [6.45, 7) is 13.4. The first kappa shape index (κ1) is 77.1. The fourth-order valence-corrected chi connectivity index (χ4v) is 12.6. The molecule has 2 aliphatic heterocycles. The maximum atomic E-state index is 15.2. The average Bonchev–Trinajstić information content (AvgIpc) is 1.80. The van der Waals surface area contributed by atoms with Crippen LogP contribution in [0.25, 0.3) is 10.9 Å². The zero-order valence-corrected chi connectivity index (χ0v) is 57.5. The molecule has 3 aromatic carbocycles. The lowest BCUT2D eigenvalue weighted by molar-refractivity contribution is -0.137. The van der Waals surface area contributed by atoms with E-state index in [1.165, 1.54) is 44.2 Å². The molecule has 97 heavy (non-hydrogen) atoms. The van der Waals surface area contributed by atoms with Gasteiger partial charge < -0.3 is 87.8 Å². The number of amides is 11. The minimum atomic E-state index is -1.83. The molecule has 2 aliphatic rings. The molecule has 14 N–H and O–H groups in total. The number of ether oxygens (including phenoxy) is 2. The molecular weight excluding hydrogens is 1290 g/mol. The van der Waals surface area contributed by atoms with Gasteiger partial charge in [0.05, 0.1) is 12.2 Å². The summed E-state index contributed by atoms with van der Waals surface area (Å²) in [4.78, 5) is 161. The fourth-order valence-electron chi connectivity index (χ4n) is 10.3. The van der Waals surface area contributed by atoms with Crippen LogP contribution in [0.3, 0.4) is 0 Å². The Balaban J connectivity index is 1.41. The van der Waals surface area contributed by atoms with Crippen molar-refractivity contribution in [1.82, 2.24) is 63.1 Å². The number of aromatic nitrogens is 1. The molecule has 0 spiro atoms. The number of carbonyl (C=O) groups is 11. The lowest BCUT2D eigenvalue weighted by Gasteiger charge is -2.29. The Bertz CT molecular complexity index is 3390. The second kappa shape index (κ2) is 37.0. The molecule has 1 aromatic heterocycles. The van der Waals surface area contributed by atoms with E-state index in [-0.39, 0.29) is 68.4 Å². The Morgan fingerprint density at radius 2 is 1.26 bits per heavy atom. The van der Waals surface area contributed by atoms with Crippen LogP contribution in [0.4, 0.5) is 9.59 Å². The van der Waals surface area contributed by atoms with Gasteiger partial charge in [0.25, 0.3) is 0 Å². The largest absolute Gasteiger partial charge is 0.508 e. The second-order valence-corrected chi connectivity index (χ2v) is 28.3. The van der Waals surface area contributed by atoms with Gasteiger partial charge in [0, 0.05) is 80.1 Å². The SMILES string of the molecule is C[C@@H](O)[C@H](NC(=O)[C@@H]1CSSC[C@H](NC(=O)[C@@H](Cc2ccccc2)NC(=O)OC(C)(C)C)C(=O)N[C@@H](Cc2ccc(O)cc2)C(=O)N[C@H](Cc2c[nH]c3ccccc23)C(=O)N[C@@H](CCCCCNC(=O)OC(C)(C)C)C(=O)N[C@@H]([C@@H](C)O)C(=O)N1)C(=O)NCCCN1CC=CC1=O. The van der Waals surface area contributed by atoms with Crippen molar-refractivity contribution >= 4 is 97.8 Å². The summed E-state index contributed by atoms with van der Waals surface area (Å²) >= 11 is 0. The van der Waals surface area contributed by atoms with Crippen LogP contribution >= 0.6 is 21.6 Å². The summed E-state index contributed by atoms with van der Waals surface area (Å²) in [6.07, 6.45) is 0.674. The molecule has 3 heterocycles. The highest BCUT2D eigenvalue weighted by molar-refractivity contribution is 8.76. The first-order valence-corrected chi connectivity index (χ1v) is 34.7. The number of nitrogens with one attached hydrogen (secondary N) is 11. The average molecular weight is 1390 g/mol. The number of hydrogen-bond donors (Lipinski definition) is 14. The van der Waals surface area contributed by atoms with Crippen LogP contribution in [0, 0.1) is 0 Å². The predicted molar refractivity (Wildman–Crippen MR) is 365 cm³/mol. The van der Waals surface area contributed by atoms with Crippen molar-refractivity contribution < 1.29 is 77.5 Å². The van der Waals surface area contributed by atoms with E-state index in [1.54, 1.807) is 113 Å². The van der Waals surface area contributed by atoms with Gasteiger partial charge in [0.2, 0.25) is 53.2 Å². The number of rotatable bonds is 24. The molecule has 30 heteroatoms. The number of nitrogens with zero attached hydrogens (tertiary/aromatic N) is 1. The van der Waals surface area contributed by atoms with Crippen molar-refractivity contribution in [2.45, 2.75) is 179 Å². The Labute approximate surface area is 571 Å². The van der Waals surface area contributed by atoms with Crippen LogP contribution in [0.2, 0.25) is 0 Å². The monoisotopic (exact) mass is 1380 g/mol. The third kappa shape index (κ3) is 25.9. The molecule has 1 saturated heterocycles. The molecule has 1 fully saturated rings. The molecule has 6 rings (SSSR count). The van der Waals surface area contributed by atoms with Crippen molar-refractivity contribution in [2.24, 2.45) is 0 Å². The van der Waals surface area contributed by atoms with Crippen LogP contribution < -0.4 is 53.2 Å². The van der Waals surface area contributed by atoms with E-state index in [1.807, 2.05) is 0 Å². The number of carbonyl (C=O) groups excluding carboxylic acids is 11. The third-order valence-electron chi connectivity index (χ3n) is 15.2. The maximum absolute atomic E-state index is 15.2. The first-order chi connectivity index (χ1) is 45.9. The molecular formula is C67H92N12O16S2. The van der Waals surface area contributed by atoms with E-state index in [4.69, 9.17) is 9.47 Å². The normalized spacial score (nSPS) is 20.7. The predicted octanol–water partition coefficient (Wildman–Crippen LogP) is 2.33. The molecule has 0 unspecified atom stereocenters. The fraction of sp³-hybridized carbons (Fsp3) is 0.507. The molecule has 11 amide bonds. The van der Waals surface area contributed by atoms with Crippen LogP contribution in [0.1, 0.15) is 104 Å². The molecule has 528 valence electrons. The van der Waals surface area contributed by atoms with Gasteiger partial charge in [-0.3, -0.25) is 43.2 Å². The van der Waals surface area contributed by atoms with Crippen molar-refractivity contribution in [2.75, 3.05) is 37.7 Å². The van der Waals surface area contributed by atoms with E-state index in [2.05, 4.69) is 58.2 Å². The van der Waals surface area contributed by atoms with Crippen LogP contribution in [0.15, 0.2) is 97.2 Å². The van der Waals surface area contributed by atoms with Gasteiger partial charge in [-0.25, -0.2) is 9.59 Å². The molecule has 10 atom stereocenters. The summed E-state index contributed by atoms with van der Waals surface area (Å²) in [7, 11) is 1.81. The number of fused-ring (bicyclic) bond motifs is 1. The number of alkyl carbamates (subject to hydrolysis) is 2. The number of aromatic hydroxyl groups is 1. The molecule has 0 saturated carbocycles. The van der Waals surface area contributed by atoms with Crippen molar-refractivity contribution in [1.29, 1.82) is 0 Å². The van der Waals surface area contributed by atoms with E-state index < -0.39 is 131 Å². The summed E-state index contributed by atoms with van der Waals surface area (Å²) in [6, 6.07) is 9.01. The number of hydrogen-bond acceptors (Lipinski definition) is 18. The number of phenols is 1. The van der Waals surface area contributed by atoms with E-state index >= 15 is 14.4 Å². The van der Waals surface area contributed by atoms with Gasteiger partial charge >= 0.3 is 12.2 Å². The minimum absolute atomic E-state index is 0.0409. The lowest BCUT2D eigenvalue weighted by Crippen LogP contribution is -2.63. The number of aliphatic hydroxyl groups is 2. The number of benzene rings is 3. The minimum Gasteiger partial charge on any atom is -0.508 e. The van der Waals surface area contributed by atoms with Crippen molar-refractivity contribution in [3.05, 3.63) is 114 Å².